The van der Waals surface area contributed by atoms with Gasteiger partial charge in [0, 0.05) is 42.9 Å². The minimum Gasteiger partial charge on any atom is -0.381 e. The predicted octanol–water partition coefficient (Wildman–Crippen LogP) is 3.36. The lowest BCUT2D eigenvalue weighted by Gasteiger charge is -2.38. The number of halogens is 1. The van der Waals surface area contributed by atoms with Crippen molar-refractivity contribution in [1.29, 1.82) is 0 Å². The largest absolute Gasteiger partial charge is 0.381 e. The van der Waals surface area contributed by atoms with E-state index in [9.17, 15) is 4.79 Å². The molecule has 0 saturated carbocycles. The molecular weight excluding hydrogens is 382 g/mol. The molecule has 2 aromatic rings. The molecule has 132 valence electrons. The van der Waals surface area contributed by atoms with Crippen molar-refractivity contribution < 1.29 is 9.53 Å². The van der Waals surface area contributed by atoms with E-state index in [0.29, 0.717) is 17.9 Å². The van der Waals surface area contributed by atoms with Crippen molar-refractivity contribution in [2.75, 3.05) is 32.1 Å². The summed E-state index contributed by atoms with van der Waals surface area (Å²) in [6, 6.07) is 12.0. The van der Waals surface area contributed by atoms with Gasteiger partial charge in [0.25, 0.3) is 5.91 Å². The van der Waals surface area contributed by atoms with E-state index in [-0.39, 0.29) is 11.3 Å². The summed E-state index contributed by atoms with van der Waals surface area (Å²) in [5, 5.41) is 6.08. The van der Waals surface area contributed by atoms with Crippen molar-refractivity contribution in [2.45, 2.75) is 18.3 Å². The van der Waals surface area contributed by atoms with E-state index < -0.39 is 0 Å². The van der Waals surface area contributed by atoms with Gasteiger partial charge < -0.3 is 15.4 Å². The van der Waals surface area contributed by atoms with Crippen LogP contribution < -0.4 is 10.6 Å². The first-order valence-corrected chi connectivity index (χ1v) is 9.19. The maximum atomic E-state index is 12.1. The summed E-state index contributed by atoms with van der Waals surface area (Å²) >= 11 is 3.57. The number of carbonyl (C=O) groups excluding carboxylic acids is 1. The predicted molar refractivity (Wildman–Crippen MR) is 102 cm³/mol. The highest BCUT2D eigenvalue weighted by Crippen LogP contribution is 2.36. The Hall–Kier alpha value is -1.92. The molecule has 6 heteroatoms. The number of carbonyl (C=O) groups is 1. The Balaban J connectivity index is 1.87. The average Bonchev–Trinajstić information content (AvgIpc) is 2.67. The van der Waals surface area contributed by atoms with E-state index in [1.165, 1.54) is 5.56 Å². The average molecular weight is 404 g/mol. The number of nitrogens with zero attached hydrogens (tertiary/aromatic N) is 1. The Labute approximate surface area is 156 Å². The van der Waals surface area contributed by atoms with Crippen LogP contribution in [0.2, 0.25) is 0 Å². The van der Waals surface area contributed by atoms with Crippen LogP contribution in [0.4, 0.5) is 5.82 Å². The van der Waals surface area contributed by atoms with Gasteiger partial charge in [-0.1, -0.05) is 28.1 Å². The zero-order valence-corrected chi connectivity index (χ0v) is 15.8. The topological polar surface area (TPSA) is 63.2 Å². The second kappa shape index (κ2) is 7.97. The number of hydrogen-bond acceptors (Lipinski definition) is 4. The molecule has 5 nitrogen and oxygen atoms in total. The summed E-state index contributed by atoms with van der Waals surface area (Å²) in [6.45, 7) is 2.17. The molecule has 2 heterocycles. The molecule has 1 saturated heterocycles. The Kier molecular flexibility index (Phi) is 5.71. The van der Waals surface area contributed by atoms with Gasteiger partial charge in [0.05, 0.1) is 5.56 Å². The van der Waals surface area contributed by atoms with Crippen molar-refractivity contribution in [3.8, 4) is 0 Å². The first-order chi connectivity index (χ1) is 12.1. The number of ether oxygens (including phenoxy) is 1. The van der Waals surface area contributed by atoms with E-state index in [1.807, 2.05) is 6.07 Å². The maximum absolute atomic E-state index is 12.1. The minimum atomic E-state index is -0.140. The van der Waals surface area contributed by atoms with Gasteiger partial charge in [-0.3, -0.25) is 4.79 Å². The van der Waals surface area contributed by atoms with Crippen molar-refractivity contribution >= 4 is 27.7 Å². The Morgan fingerprint density at radius 3 is 2.80 bits per heavy atom. The second-order valence-electron chi connectivity index (χ2n) is 6.24. The van der Waals surface area contributed by atoms with Crippen LogP contribution in [0, 0.1) is 0 Å². The van der Waals surface area contributed by atoms with Crippen molar-refractivity contribution in [3.05, 3.63) is 58.2 Å². The Morgan fingerprint density at radius 1 is 1.28 bits per heavy atom. The summed E-state index contributed by atoms with van der Waals surface area (Å²) in [5.41, 5.74) is 1.79. The SMILES string of the molecule is CNC(=O)c1cccnc1NCC1(c2cccc(Br)c2)CCOCC1. The maximum Gasteiger partial charge on any atom is 0.254 e. The van der Waals surface area contributed by atoms with E-state index in [4.69, 9.17) is 4.74 Å². The van der Waals surface area contributed by atoms with E-state index in [0.717, 1.165) is 30.5 Å². The minimum absolute atomic E-state index is 0.0422. The fourth-order valence-corrected chi connectivity index (χ4v) is 3.66. The molecule has 1 amide bonds. The number of nitrogens with one attached hydrogen (secondary N) is 2. The summed E-state index contributed by atoms with van der Waals surface area (Å²) in [7, 11) is 1.63. The molecule has 3 rings (SSSR count). The van der Waals surface area contributed by atoms with Crippen LogP contribution >= 0.6 is 15.9 Å². The number of aromatic nitrogens is 1. The van der Waals surface area contributed by atoms with E-state index in [2.05, 4.69) is 49.7 Å². The molecule has 1 fully saturated rings. The van der Waals surface area contributed by atoms with Gasteiger partial charge in [0.15, 0.2) is 0 Å². The monoisotopic (exact) mass is 403 g/mol. The molecule has 0 spiro atoms. The number of amides is 1. The van der Waals surface area contributed by atoms with Crippen LogP contribution in [0.15, 0.2) is 47.1 Å². The Morgan fingerprint density at radius 2 is 2.08 bits per heavy atom. The molecule has 1 aliphatic heterocycles. The molecule has 25 heavy (non-hydrogen) atoms. The van der Waals surface area contributed by atoms with Crippen molar-refractivity contribution in [1.82, 2.24) is 10.3 Å². The molecule has 0 bridgehead atoms. The smallest absolute Gasteiger partial charge is 0.254 e. The first-order valence-electron chi connectivity index (χ1n) is 8.39. The molecular formula is C19H22BrN3O2. The third-order valence-electron chi connectivity index (χ3n) is 4.76. The van der Waals surface area contributed by atoms with Gasteiger partial charge >= 0.3 is 0 Å². The standard InChI is InChI=1S/C19H22BrN3O2/c1-21-18(24)16-6-3-9-22-17(16)23-13-19(7-10-25-11-8-19)14-4-2-5-15(20)12-14/h2-6,9,12H,7-8,10-11,13H2,1H3,(H,21,24)(H,22,23). The lowest BCUT2D eigenvalue weighted by atomic mass is 9.74. The fourth-order valence-electron chi connectivity index (χ4n) is 3.26. The van der Waals surface area contributed by atoms with Gasteiger partial charge in [-0.25, -0.2) is 4.98 Å². The zero-order chi connectivity index (χ0) is 17.7. The van der Waals surface area contributed by atoms with Crippen LogP contribution in [0.25, 0.3) is 0 Å². The van der Waals surface area contributed by atoms with Crippen molar-refractivity contribution in [2.24, 2.45) is 0 Å². The normalized spacial score (nSPS) is 16.2. The third kappa shape index (κ3) is 4.02. The van der Waals surface area contributed by atoms with Crippen LogP contribution in [0.5, 0.6) is 0 Å². The quantitative estimate of drug-likeness (QED) is 0.802. The molecule has 0 radical (unpaired) electrons. The van der Waals surface area contributed by atoms with Gasteiger partial charge in [-0.2, -0.15) is 0 Å². The molecule has 1 aromatic heterocycles. The van der Waals surface area contributed by atoms with Crippen LogP contribution in [0.1, 0.15) is 28.8 Å². The highest BCUT2D eigenvalue weighted by atomic mass is 79.9. The lowest BCUT2D eigenvalue weighted by molar-refractivity contribution is 0.0543. The number of anilines is 1. The van der Waals surface area contributed by atoms with Gasteiger partial charge in [-0.15, -0.1) is 0 Å². The Bertz CT molecular complexity index is 745. The summed E-state index contributed by atoms with van der Waals surface area (Å²) in [6.07, 6.45) is 3.56. The van der Waals surface area contributed by atoms with Crippen LogP contribution in [0.3, 0.4) is 0 Å². The number of benzene rings is 1. The highest BCUT2D eigenvalue weighted by Gasteiger charge is 2.34. The lowest BCUT2D eigenvalue weighted by Crippen LogP contribution is -2.40. The van der Waals surface area contributed by atoms with Crippen molar-refractivity contribution in [3.63, 3.8) is 0 Å². The molecule has 0 unspecified atom stereocenters. The summed E-state index contributed by atoms with van der Waals surface area (Å²) < 4.78 is 6.66. The van der Waals surface area contributed by atoms with Gasteiger partial charge in [0.2, 0.25) is 0 Å². The number of hydrogen-bond donors (Lipinski definition) is 2. The molecule has 1 aliphatic rings. The van der Waals surface area contributed by atoms with Crippen LogP contribution in [-0.2, 0) is 10.2 Å². The summed E-state index contributed by atoms with van der Waals surface area (Å²) in [5.74, 6) is 0.474. The van der Waals surface area contributed by atoms with Gasteiger partial charge in [0.1, 0.15) is 5.82 Å². The van der Waals surface area contributed by atoms with E-state index in [1.54, 1.807) is 25.4 Å². The second-order valence-corrected chi connectivity index (χ2v) is 7.15. The van der Waals surface area contributed by atoms with Gasteiger partial charge in [-0.05, 0) is 42.7 Å². The number of rotatable bonds is 5. The van der Waals surface area contributed by atoms with E-state index >= 15 is 0 Å². The highest BCUT2D eigenvalue weighted by molar-refractivity contribution is 9.10. The molecule has 0 atom stereocenters. The third-order valence-corrected chi connectivity index (χ3v) is 5.25. The molecule has 0 aliphatic carbocycles. The summed E-state index contributed by atoms with van der Waals surface area (Å²) in [4.78, 5) is 16.4. The molecule has 2 N–H and O–H groups in total. The zero-order valence-electron chi connectivity index (χ0n) is 14.2. The first kappa shape index (κ1) is 17.9. The van der Waals surface area contributed by atoms with Crippen LogP contribution in [-0.4, -0.2) is 37.7 Å². The number of pyridine rings is 1. The fraction of sp³-hybridized carbons (Fsp3) is 0.368. The molecule has 1 aromatic carbocycles.